The van der Waals surface area contributed by atoms with Gasteiger partial charge in [0.2, 0.25) is 0 Å². The third kappa shape index (κ3) is 2.46. The second-order valence-corrected chi connectivity index (χ2v) is 4.41. The SMILES string of the molecule is Cc1sc(Oc2ccc(F)cc2)nc1Cl. The van der Waals surface area contributed by atoms with Crippen LogP contribution < -0.4 is 4.74 Å². The number of aromatic nitrogens is 1. The van der Waals surface area contributed by atoms with E-state index < -0.39 is 0 Å². The smallest absolute Gasteiger partial charge is 0.280 e. The maximum Gasteiger partial charge on any atom is 0.280 e. The monoisotopic (exact) mass is 243 g/mol. The molecule has 0 radical (unpaired) electrons. The Hall–Kier alpha value is -1.13. The second kappa shape index (κ2) is 4.16. The van der Waals surface area contributed by atoms with Crippen molar-refractivity contribution in [2.75, 3.05) is 0 Å². The fraction of sp³-hybridized carbons (Fsp3) is 0.100. The highest BCUT2D eigenvalue weighted by Crippen LogP contribution is 2.31. The molecule has 0 saturated carbocycles. The fourth-order valence-corrected chi connectivity index (χ4v) is 1.91. The lowest BCUT2D eigenvalue weighted by Gasteiger charge is -1.99. The summed E-state index contributed by atoms with van der Waals surface area (Å²) >= 11 is 7.13. The van der Waals surface area contributed by atoms with Gasteiger partial charge >= 0.3 is 0 Å². The van der Waals surface area contributed by atoms with Crippen LogP contribution in [0.2, 0.25) is 5.15 Å². The average Bonchev–Trinajstić information content (AvgIpc) is 2.50. The van der Waals surface area contributed by atoms with Crippen LogP contribution in [-0.2, 0) is 0 Å². The van der Waals surface area contributed by atoms with Gasteiger partial charge in [-0.2, -0.15) is 4.98 Å². The molecule has 0 amide bonds. The van der Waals surface area contributed by atoms with Crippen molar-refractivity contribution in [3.63, 3.8) is 0 Å². The number of aryl methyl sites for hydroxylation is 1. The van der Waals surface area contributed by atoms with Crippen molar-refractivity contribution >= 4 is 22.9 Å². The first kappa shape index (κ1) is 10.4. The molecule has 1 aromatic heterocycles. The summed E-state index contributed by atoms with van der Waals surface area (Å²) in [5.74, 6) is 0.248. The van der Waals surface area contributed by atoms with E-state index in [-0.39, 0.29) is 5.82 Å². The van der Waals surface area contributed by atoms with E-state index >= 15 is 0 Å². The van der Waals surface area contributed by atoms with E-state index in [2.05, 4.69) is 4.98 Å². The standard InChI is InChI=1S/C10H7ClFNOS/c1-6-9(11)13-10(15-6)14-8-4-2-7(12)3-5-8/h2-5H,1H3. The number of ether oxygens (including phenoxy) is 1. The van der Waals surface area contributed by atoms with Crippen LogP contribution in [0.3, 0.4) is 0 Å². The first-order chi connectivity index (χ1) is 7.15. The molecule has 0 N–H and O–H groups in total. The van der Waals surface area contributed by atoms with Gasteiger partial charge in [0.15, 0.2) is 0 Å². The van der Waals surface area contributed by atoms with Gasteiger partial charge < -0.3 is 4.74 Å². The highest BCUT2D eigenvalue weighted by Gasteiger charge is 2.06. The zero-order valence-electron chi connectivity index (χ0n) is 7.83. The summed E-state index contributed by atoms with van der Waals surface area (Å²) in [7, 11) is 0. The number of hydrogen-bond donors (Lipinski definition) is 0. The molecule has 0 spiro atoms. The minimum absolute atomic E-state index is 0.296. The van der Waals surface area contributed by atoms with E-state index in [1.807, 2.05) is 6.92 Å². The Morgan fingerprint density at radius 1 is 1.33 bits per heavy atom. The van der Waals surface area contributed by atoms with E-state index in [0.717, 1.165) is 4.88 Å². The van der Waals surface area contributed by atoms with Crippen LogP contribution in [-0.4, -0.2) is 4.98 Å². The van der Waals surface area contributed by atoms with E-state index in [1.54, 1.807) is 12.1 Å². The molecular weight excluding hydrogens is 237 g/mol. The molecule has 0 unspecified atom stereocenters. The molecule has 2 nitrogen and oxygen atoms in total. The molecule has 0 fully saturated rings. The van der Waals surface area contributed by atoms with E-state index in [4.69, 9.17) is 16.3 Å². The Balaban J connectivity index is 2.18. The Kier molecular flexibility index (Phi) is 2.88. The van der Waals surface area contributed by atoms with Crippen molar-refractivity contribution in [1.82, 2.24) is 4.98 Å². The van der Waals surface area contributed by atoms with Crippen LogP contribution in [0.1, 0.15) is 4.88 Å². The van der Waals surface area contributed by atoms with Crippen LogP contribution in [0.4, 0.5) is 4.39 Å². The third-order valence-corrected chi connectivity index (χ3v) is 3.07. The third-order valence-electron chi connectivity index (χ3n) is 1.74. The Bertz CT molecular complexity index is 449. The van der Waals surface area contributed by atoms with Gasteiger partial charge in [-0.1, -0.05) is 22.9 Å². The molecule has 0 atom stereocenters. The molecule has 0 aliphatic rings. The Morgan fingerprint density at radius 3 is 2.53 bits per heavy atom. The largest absolute Gasteiger partial charge is 0.431 e. The van der Waals surface area contributed by atoms with Gasteiger partial charge in [-0.15, -0.1) is 0 Å². The molecule has 0 aliphatic heterocycles. The van der Waals surface area contributed by atoms with Crippen LogP contribution in [0.25, 0.3) is 0 Å². The predicted molar refractivity (Wildman–Crippen MR) is 58.3 cm³/mol. The van der Waals surface area contributed by atoms with Crippen LogP contribution >= 0.6 is 22.9 Å². The normalized spacial score (nSPS) is 10.3. The molecule has 0 saturated heterocycles. The second-order valence-electron chi connectivity index (χ2n) is 2.88. The molecule has 0 bridgehead atoms. The quantitative estimate of drug-likeness (QED) is 0.794. The number of benzene rings is 1. The maximum atomic E-state index is 12.6. The van der Waals surface area contributed by atoms with Crippen LogP contribution in [0.15, 0.2) is 24.3 Å². The summed E-state index contributed by atoms with van der Waals surface area (Å²) < 4.78 is 18.0. The van der Waals surface area contributed by atoms with E-state index in [9.17, 15) is 4.39 Å². The molecule has 2 aromatic rings. The lowest BCUT2D eigenvalue weighted by molar-refractivity contribution is 0.477. The fourth-order valence-electron chi connectivity index (χ4n) is 1.00. The summed E-state index contributed by atoms with van der Waals surface area (Å²) in [6.07, 6.45) is 0. The number of halogens is 2. The molecule has 2 rings (SSSR count). The van der Waals surface area contributed by atoms with Gasteiger partial charge in [-0.05, 0) is 31.2 Å². The molecule has 0 aliphatic carbocycles. The first-order valence-electron chi connectivity index (χ1n) is 4.21. The van der Waals surface area contributed by atoms with Crippen LogP contribution in [0.5, 0.6) is 10.9 Å². The van der Waals surface area contributed by atoms with Crippen molar-refractivity contribution in [3.8, 4) is 10.9 Å². The van der Waals surface area contributed by atoms with Gasteiger partial charge in [0.1, 0.15) is 16.7 Å². The van der Waals surface area contributed by atoms with Gasteiger partial charge in [0.25, 0.3) is 5.19 Å². The number of thiazole rings is 1. The molecule has 1 aromatic carbocycles. The van der Waals surface area contributed by atoms with E-state index in [0.29, 0.717) is 16.1 Å². The molecule has 15 heavy (non-hydrogen) atoms. The summed E-state index contributed by atoms with van der Waals surface area (Å²) in [5, 5.41) is 0.904. The predicted octanol–water partition coefficient (Wildman–Crippen LogP) is 4.04. The highest BCUT2D eigenvalue weighted by molar-refractivity contribution is 7.13. The van der Waals surface area contributed by atoms with Crippen molar-refractivity contribution in [2.45, 2.75) is 6.92 Å². The van der Waals surface area contributed by atoms with Gasteiger partial charge in [0, 0.05) is 4.88 Å². The average molecular weight is 244 g/mol. The van der Waals surface area contributed by atoms with Crippen LogP contribution in [0, 0.1) is 12.7 Å². The van der Waals surface area contributed by atoms with Crippen molar-refractivity contribution in [2.24, 2.45) is 0 Å². The van der Waals surface area contributed by atoms with Crippen molar-refractivity contribution in [3.05, 3.63) is 40.1 Å². The molecular formula is C10H7ClFNOS. The first-order valence-corrected chi connectivity index (χ1v) is 5.41. The minimum atomic E-state index is -0.296. The number of rotatable bonds is 2. The Labute approximate surface area is 95.3 Å². The molecule has 1 heterocycles. The Morgan fingerprint density at radius 2 is 2.00 bits per heavy atom. The minimum Gasteiger partial charge on any atom is -0.431 e. The topological polar surface area (TPSA) is 22.1 Å². The van der Waals surface area contributed by atoms with Gasteiger partial charge in [-0.3, -0.25) is 0 Å². The van der Waals surface area contributed by atoms with E-state index in [1.165, 1.54) is 23.5 Å². The summed E-state index contributed by atoms with van der Waals surface area (Å²) in [4.78, 5) is 4.89. The highest BCUT2D eigenvalue weighted by atomic mass is 35.5. The lowest BCUT2D eigenvalue weighted by atomic mass is 10.3. The van der Waals surface area contributed by atoms with Crippen molar-refractivity contribution in [1.29, 1.82) is 0 Å². The number of nitrogens with zero attached hydrogens (tertiary/aromatic N) is 1. The lowest BCUT2D eigenvalue weighted by Crippen LogP contribution is -1.82. The zero-order valence-corrected chi connectivity index (χ0v) is 9.40. The summed E-state index contributed by atoms with van der Waals surface area (Å²) in [6, 6.07) is 5.74. The zero-order chi connectivity index (χ0) is 10.8. The summed E-state index contributed by atoms with van der Waals surface area (Å²) in [6.45, 7) is 1.86. The van der Waals surface area contributed by atoms with Gasteiger partial charge in [-0.25, -0.2) is 4.39 Å². The molecule has 78 valence electrons. The van der Waals surface area contributed by atoms with Gasteiger partial charge in [0.05, 0.1) is 0 Å². The van der Waals surface area contributed by atoms with Crippen molar-refractivity contribution < 1.29 is 9.13 Å². The summed E-state index contributed by atoms with van der Waals surface area (Å²) in [5.41, 5.74) is 0. The number of hydrogen-bond acceptors (Lipinski definition) is 3. The molecule has 5 heteroatoms. The maximum absolute atomic E-state index is 12.6.